The van der Waals surface area contributed by atoms with Crippen molar-refractivity contribution in [3.05, 3.63) is 32.7 Å². The first-order valence-electron chi connectivity index (χ1n) is 5.50. The van der Waals surface area contributed by atoms with Gasteiger partial charge in [-0.3, -0.25) is 4.79 Å². The van der Waals surface area contributed by atoms with Gasteiger partial charge in [0.1, 0.15) is 0 Å². The van der Waals surface area contributed by atoms with Crippen molar-refractivity contribution in [2.75, 3.05) is 11.5 Å². The molecule has 1 fully saturated rings. The Morgan fingerprint density at radius 2 is 2.00 bits per heavy atom. The number of rotatable bonds is 2. The molecule has 5 heteroatoms. The second-order valence-corrected chi connectivity index (χ2v) is 6.98. The summed E-state index contributed by atoms with van der Waals surface area (Å²) in [6.45, 7) is 0. The molecular formula is C12H13Br2NOS. The summed E-state index contributed by atoms with van der Waals surface area (Å²) in [5, 5.41) is 3.10. The lowest BCUT2D eigenvalue weighted by atomic mass is 10.1. The van der Waals surface area contributed by atoms with Gasteiger partial charge in [0.25, 0.3) is 5.91 Å². The third kappa shape index (κ3) is 3.73. The van der Waals surface area contributed by atoms with Gasteiger partial charge < -0.3 is 5.32 Å². The van der Waals surface area contributed by atoms with Gasteiger partial charge in [0.2, 0.25) is 0 Å². The molecule has 92 valence electrons. The van der Waals surface area contributed by atoms with E-state index in [1.165, 1.54) is 0 Å². The molecule has 1 amide bonds. The lowest BCUT2D eigenvalue weighted by molar-refractivity contribution is 0.0934. The number of hydrogen-bond donors (Lipinski definition) is 1. The van der Waals surface area contributed by atoms with Crippen LogP contribution in [-0.2, 0) is 0 Å². The molecule has 17 heavy (non-hydrogen) atoms. The molecular weight excluding hydrogens is 366 g/mol. The van der Waals surface area contributed by atoms with Gasteiger partial charge >= 0.3 is 0 Å². The van der Waals surface area contributed by atoms with Crippen molar-refractivity contribution >= 4 is 49.5 Å². The van der Waals surface area contributed by atoms with Gasteiger partial charge in [-0.2, -0.15) is 11.8 Å². The lowest BCUT2D eigenvalue weighted by Crippen LogP contribution is -2.37. The molecule has 0 atom stereocenters. The first kappa shape index (κ1) is 13.4. The van der Waals surface area contributed by atoms with Gasteiger partial charge in [-0.1, -0.05) is 15.9 Å². The SMILES string of the molecule is O=C(NC1CCSCC1)c1cc(Br)ccc1Br. The smallest absolute Gasteiger partial charge is 0.252 e. The maximum Gasteiger partial charge on any atom is 0.252 e. The summed E-state index contributed by atoms with van der Waals surface area (Å²) in [6.07, 6.45) is 2.14. The molecule has 0 radical (unpaired) electrons. The predicted octanol–water partition coefficient (Wildman–Crippen LogP) is 3.84. The average Bonchev–Trinajstić information content (AvgIpc) is 2.33. The van der Waals surface area contributed by atoms with Crippen molar-refractivity contribution in [1.82, 2.24) is 5.32 Å². The minimum absolute atomic E-state index is 0.00933. The van der Waals surface area contributed by atoms with Crippen molar-refractivity contribution in [2.24, 2.45) is 0 Å². The Bertz CT molecular complexity index is 419. The third-order valence-electron chi connectivity index (χ3n) is 2.73. The third-order valence-corrected chi connectivity index (χ3v) is 4.96. The van der Waals surface area contributed by atoms with Crippen LogP contribution < -0.4 is 5.32 Å². The fourth-order valence-corrected chi connectivity index (χ4v) is 3.67. The molecule has 1 aromatic carbocycles. The fourth-order valence-electron chi connectivity index (χ4n) is 1.78. The first-order valence-corrected chi connectivity index (χ1v) is 8.24. The Hall–Kier alpha value is -0.000000000000000111. The van der Waals surface area contributed by atoms with E-state index in [1.807, 2.05) is 30.0 Å². The number of thioether (sulfide) groups is 1. The van der Waals surface area contributed by atoms with Crippen molar-refractivity contribution in [3.8, 4) is 0 Å². The van der Waals surface area contributed by atoms with E-state index in [9.17, 15) is 4.79 Å². The van der Waals surface area contributed by atoms with Crippen LogP contribution in [0.4, 0.5) is 0 Å². The van der Waals surface area contributed by atoms with Crippen LogP contribution in [0.3, 0.4) is 0 Å². The number of benzene rings is 1. The largest absolute Gasteiger partial charge is 0.349 e. The number of amides is 1. The molecule has 0 spiro atoms. The zero-order chi connectivity index (χ0) is 12.3. The maximum absolute atomic E-state index is 12.1. The fraction of sp³-hybridized carbons (Fsp3) is 0.417. The first-order chi connectivity index (χ1) is 8.16. The minimum Gasteiger partial charge on any atom is -0.349 e. The molecule has 0 saturated carbocycles. The average molecular weight is 379 g/mol. The molecule has 1 heterocycles. The van der Waals surface area contributed by atoms with Gasteiger partial charge in [-0.15, -0.1) is 0 Å². The highest BCUT2D eigenvalue weighted by atomic mass is 79.9. The van der Waals surface area contributed by atoms with Gasteiger partial charge in [-0.25, -0.2) is 0 Å². The molecule has 1 saturated heterocycles. The number of carbonyl (C=O) groups excluding carboxylic acids is 1. The van der Waals surface area contributed by atoms with E-state index in [4.69, 9.17) is 0 Å². The Kier molecular flexibility index (Phi) is 4.94. The molecule has 2 rings (SSSR count). The van der Waals surface area contributed by atoms with Gasteiger partial charge in [0.15, 0.2) is 0 Å². The summed E-state index contributed by atoms with van der Waals surface area (Å²) >= 11 is 8.75. The van der Waals surface area contributed by atoms with E-state index in [0.717, 1.165) is 33.3 Å². The number of hydrogen-bond acceptors (Lipinski definition) is 2. The summed E-state index contributed by atoms with van der Waals surface area (Å²) in [6, 6.07) is 5.97. The molecule has 2 nitrogen and oxygen atoms in total. The Morgan fingerprint density at radius 1 is 1.29 bits per heavy atom. The van der Waals surface area contributed by atoms with Gasteiger partial charge in [-0.05, 0) is 58.5 Å². The standard InChI is InChI=1S/C12H13Br2NOS/c13-8-1-2-11(14)10(7-8)12(16)15-9-3-5-17-6-4-9/h1-2,7,9H,3-6H2,(H,15,16). The van der Waals surface area contributed by atoms with Crippen molar-refractivity contribution in [2.45, 2.75) is 18.9 Å². The normalized spacial score (nSPS) is 16.8. The highest BCUT2D eigenvalue weighted by molar-refractivity contribution is 9.11. The van der Waals surface area contributed by atoms with Crippen LogP contribution in [0.15, 0.2) is 27.1 Å². The van der Waals surface area contributed by atoms with E-state index in [0.29, 0.717) is 11.6 Å². The van der Waals surface area contributed by atoms with Gasteiger partial charge in [0.05, 0.1) is 5.56 Å². The van der Waals surface area contributed by atoms with Crippen LogP contribution in [0.25, 0.3) is 0 Å². The number of carbonyl (C=O) groups is 1. The second kappa shape index (κ2) is 6.25. The number of halogens is 2. The highest BCUT2D eigenvalue weighted by Crippen LogP contribution is 2.23. The van der Waals surface area contributed by atoms with Crippen LogP contribution in [0, 0.1) is 0 Å². The van der Waals surface area contributed by atoms with Crippen molar-refractivity contribution in [3.63, 3.8) is 0 Å². The zero-order valence-corrected chi connectivity index (χ0v) is 13.2. The molecule has 1 aliphatic rings. The van der Waals surface area contributed by atoms with Gasteiger partial charge in [0, 0.05) is 15.0 Å². The van der Waals surface area contributed by atoms with E-state index in [-0.39, 0.29) is 5.91 Å². The lowest BCUT2D eigenvalue weighted by Gasteiger charge is -2.22. The second-order valence-electron chi connectivity index (χ2n) is 3.98. The summed E-state index contributed by atoms with van der Waals surface area (Å²) in [4.78, 5) is 12.1. The molecule has 0 bridgehead atoms. The summed E-state index contributed by atoms with van der Waals surface area (Å²) in [7, 11) is 0. The predicted molar refractivity (Wildman–Crippen MR) is 79.7 cm³/mol. The minimum atomic E-state index is 0.00933. The van der Waals surface area contributed by atoms with Crippen molar-refractivity contribution < 1.29 is 4.79 Å². The van der Waals surface area contributed by atoms with Crippen molar-refractivity contribution in [1.29, 1.82) is 0 Å². The quantitative estimate of drug-likeness (QED) is 0.847. The molecule has 1 N–H and O–H groups in total. The maximum atomic E-state index is 12.1. The topological polar surface area (TPSA) is 29.1 Å². The van der Waals surface area contributed by atoms with Crippen LogP contribution in [0.2, 0.25) is 0 Å². The summed E-state index contributed by atoms with van der Waals surface area (Å²) < 4.78 is 1.76. The monoisotopic (exact) mass is 377 g/mol. The molecule has 1 aliphatic heterocycles. The van der Waals surface area contributed by atoms with Crippen LogP contribution in [0.1, 0.15) is 23.2 Å². The Labute approximate surface area is 122 Å². The zero-order valence-electron chi connectivity index (χ0n) is 9.21. The molecule has 0 aromatic heterocycles. The van der Waals surface area contributed by atoms with Crippen LogP contribution in [-0.4, -0.2) is 23.5 Å². The van der Waals surface area contributed by atoms with E-state index >= 15 is 0 Å². The summed E-state index contributed by atoms with van der Waals surface area (Å²) in [5.74, 6) is 2.30. The van der Waals surface area contributed by atoms with Crippen LogP contribution >= 0.6 is 43.6 Å². The summed E-state index contributed by atoms with van der Waals surface area (Å²) in [5.41, 5.74) is 0.692. The molecule has 0 unspecified atom stereocenters. The highest BCUT2D eigenvalue weighted by Gasteiger charge is 2.18. The Balaban J connectivity index is 2.05. The Morgan fingerprint density at radius 3 is 2.71 bits per heavy atom. The number of nitrogens with one attached hydrogen (secondary N) is 1. The van der Waals surface area contributed by atoms with E-state index in [1.54, 1.807) is 0 Å². The van der Waals surface area contributed by atoms with E-state index < -0.39 is 0 Å². The molecule has 0 aliphatic carbocycles. The van der Waals surface area contributed by atoms with Crippen LogP contribution in [0.5, 0.6) is 0 Å². The molecule has 1 aromatic rings. The van der Waals surface area contributed by atoms with E-state index in [2.05, 4.69) is 37.2 Å².